The molecule has 0 radical (unpaired) electrons. The number of nitriles is 6. The Labute approximate surface area is 111 Å². The minimum atomic E-state index is -2.17. The summed E-state index contributed by atoms with van der Waals surface area (Å²) in [4.78, 5) is 0. The number of hydrogen-bond donors (Lipinski definition) is 3. The third-order valence-corrected chi connectivity index (χ3v) is 0. The fraction of sp³-hybridized carbons (Fsp3) is 0. The van der Waals surface area contributed by atoms with Gasteiger partial charge >= 0.3 is 7.32 Å². The van der Waals surface area contributed by atoms with Crippen LogP contribution >= 0.6 is 0 Å². The second kappa shape index (κ2) is 12600. The van der Waals surface area contributed by atoms with E-state index < -0.39 is 7.32 Å². The molecule has 0 bridgehead atoms. The first-order chi connectivity index (χ1) is 7.73. The van der Waals surface area contributed by atoms with Gasteiger partial charge in [0, 0.05) is 56.5 Å². The summed E-state index contributed by atoms with van der Waals surface area (Å²) in [6, 6.07) is 0. The molecule has 92 valence electrons. The summed E-state index contributed by atoms with van der Waals surface area (Å²) >= 11 is 0. The predicted octanol–water partition coefficient (Wildman–Crippen LogP) is -1.22. The molecule has 0 unspecified atom stereocenters. The molecule has 0 saturated heterocycles. The van der Waals surface area contributed by atoms with Crippen molar-refractivity contribution in [1.82, 2.24) is 0 Å². The molecule has 0 saturated carbocycles. The van der Waals surface area contributed by atoms with E-state index in [2.05, 4.69) is 39.4 Å². The van der Waals surface area contributed by atoms with E-state index in [1.54, 1.807) is 0 Å². The molecular weight excluding hydrogens is 271 g/mol. The first-order valence-electron chi connectivity index (χ1n) is 2.32. The Morgan fingerprint density at radius 3 is 0.471 bits per heavy atom. The van der Waals surface area contributed by atoms with Crippen LogP contribution in [0.15, 0.2) is 0 Å². The zero-order valence-corrected chi connectivity index (χ0v) is 9.52. The molecule has 0 atom stereocenters. The molecule has 0 rings (SSSR count). The van der Waals surface area contributed by atoms with Gasteiger partial charge in [-0.15, -0.1) is 0 Å². The van der Waals surface area contributed by atoms with Gasteiger partial charge in [0.2, 0.25) is 0 Å². The van der Waals surface area contributed by atoms with Gasteiger partial charge < -0.3 is 15.1 Å². The second-order valence-corrected chi connectivity index (χ2v) is 0.346. The van der Waals surface area contributed by atoms with Gasteiger partial charge in [0.05, 0.1) is 0 Å². The molecule has 0 spiro atoms. The summed E-state index contributed by atoms with van der Waals surface area (Å²) < 4.78 is 0. The van der Waals surface area contributed by atoms with Gasteiger partial charge in [0.15, 0.2) is 0 Å². The summed E-state index contributed by atoms with van der Waals surface area (Å²) in [7, 11) is -2.17. The van der Waals surface area contributed by atoms with Gasteiger partial charge in [-0.3, -0.25) is 0 Å². The number of rotatable bonds is 0. The molecule has 9 nitrogen and oxygen atoms in total. The first kappa shape index (κ1) is 63.1. The minimum Gasteiger partial charge on any atom is -0.402 e. The van der Waals surface area contributed by atoms with Crippen molar-refractivity contribution in [2.24, 2.45) is 0 Å². The van der Waals surface area contributed by atoms with Gasteiger partial charge in [0.1, 0.15) is 0 Å². The minimum absolute atomic E-state index is 0. The maximum Gasteiger partial charge on any atom is 0.631 e. The Balaban J connectivity index is -0.00000000946. The van der Waals surface area contributed by atoms with Crippen LogP contribution in [0.4, 0.5) is 0 Å². The van der Waals surface area contributed by atoms with Crippen molar-refractivity contribution in [2.45, 2.75) is 0 Å². The molecule has 0 aromatic heterocycles. The molecule has 0 fully saturated rings. The Bertz CT molecular complexity index is 138. The van der Waals surface area contributed by atoms with E-state index in [4.69, 9.17) is 46.6 Å². The quantitative estimate of drug-likeness (QED) is 0.454. The van der Waals surface area contributed by atoms with Gasteiger partial charge in [-0.25, -0.2) is 31.6 Å². The normalized spacial score (nSPS) is 2.29. The van der Waals surface area contributed by atoms with Crippen LogP contribution in [0.3, 0.4) is 0 Å². The molecule has 0 aliphatic heterocycles. The molecule has 17 heavy (non-hydrogen) atoms. The van der Waals surface area contributed by atoms with Crippen LogP contribution in [-0.4, -0.2) is 22.4 Å². The van der Waals surface area contributed by atoms with Crippen LogP contribution in [0.1, 0.15) is 0 Å². The molecule has 11 heteroatoms. The van der Waals surface area contributed by atoms with Crippen molar-refractivity contribution in [3.05, 3.63) is 0 Å². The Hall–Kier alpha value is -2.60. The molecule has 0 amide bonds. The van der Waals surface area contributed by atoms with Crippen molar-refractivity contribution >= 4 is 7.32 Å². The van der Waals surface area contributed by atoms with E-state index >= 15 is 0 Å². The standard InChI is InChI=1S/6CHN.BH3O3.Fe/c6*1-2;2-1(3)4;/h6*1H;2-4H;. The van der Waals surface area contributed by atoms with Crippen LogP contribution < -0.4 is 0 Å². The third kappa shape index (κ3) is 259. The number of nitrogens with zero attached hydrogens (tertiary/aromatic N) is 6. The third-order valence-electron chi connectivity index (χ3n) is 0. The van der Waals surface area contributed by atoms with Crippen molar-refractivity contribution in [2.75, 3.05) is 0 Å². The maximum atomic E-state index is 7.17. The van der Waals surface area contributed by atoms with Gasteiger partial charge in [-0.1, -0.05) is 0 Å². The van der Waals surface area contributed by atoms with Gasteiger partial charge in [0.25, 0.3) is 0 Å². The zero-order chi connectivity index (χ0) is 15.6. The monoisotopic (exact) mass is 280 g/mol. The molecule has 0 aliphatic rings. The molecule has 0 aromatic carbocycles. The fourth-order valence-corrected chi connectivity index (χ4v) is 0. The average molecular weight is 280 g/mol. The topological polar surface area (TPSA) is 203 Å². The Morgan fingerprint density at radius 2 is 0.471 bits per heavy atom. The Kier molecular flexibility index (Phi) is 46800. The van der Waals surface area contributed by atoms with E-state index in [1.807, 2.05) is 0 Å². The molecule has 0 aliphatic carbocycles. The van der Waals surface area contributed by atoms with Gasteiger partial charge in [-0.2, -0.15) is 0 Å². The van der Waals surface area contributed by atoms with Crippen LogP contribution in [0, 0.1) is 71.0 Å². The molecule has 3 N–H and O–H groups in total. The van der Waals surface area contributed by atoms with Crippen LogP contribution in [0.25, 0.3) is 0 Å². The van der Waals surface area contributed by atoms with Crippen molar-refractivity contribution in [3.63, 3.8) is 0 Å². The van der Waals surface area contributed by atoms with Crippen molar-refractivity contribution in [3.8, 4) is 39.4 Å². The summed E-state index contributed by atoms with van der Waals surface area (Å²) in [6.45, 7) is 21.0. The molecular formula is C6H9BFeN6O3. The second-order valence-electron chi connectivity index (χ2n) is 0.346. The van der Waals surface area contributed by atoms with E-state index in [9.17, 15) is 0 Å². The average Bonchev–Trinajstić information content (AvgIpc) is 2.42. The van der Waals surface area contributed by atoms with Crippen molar-refractivity contribution < 1.29 is 32.1 Å². The summed E-state index contributed by atoms with van der Waals surface area (Å²) in [6.07, 6.45) is 0. The predicted molar refractivity (Wildman–Crippen MR) is 52.4 cm³/mol. The SMILES string of the molecule is C#N.C#N.C#N.C#N.C#N.C#N.OB(O)O.[Fe]. The first-order valence-corrected chi connectivity index (χ1v) is 2.32. The molecule has 0 heterocycles. The maximum absolute atomic E-state index is 7.17. The van der Waals surface area contributed by atoms with Crippen LogP contribution in [0.2, 0.25) is 0 Å². The van der Waals surface area contributed by atoms with E-state index in [-0.39, 0.29) is 17.1 Å². The summed E-state index contributed by atoms with van der Waals surface area (Å²) in [5.74, 6) is 0. The largest absolute Gasteiger partial charge is 0.631 e. The van der Waals surface area contributed by atoms with Crippen molar-refractivity contribution in [1.29, 1.82) is 31.6 Å². The van der Waals surface area contributed by atoms with Gasteiger partial charge in [-0.05, 0) is 0 Å². The zero-order valence-electron chi connectivity index (χ0n) is 8.42. The Morgan fingerprint density at radius 1 is 0.471 bits per heavy atom. The summed E-state index contributed by atoms with van der Waals surface area (Å²) in [5.41, 5.74) is 0. The fourth-order valence-electron chi connectivity index (χ4n) is 0. The molecule has 0 aromatic rings. The van der Waals surface area contributed by atoms with E-state index in [0.717, 1.165) is 0 Å². The smallest absolute Gasteiger partial charge is 0.402 e. The number of hydrogen-bond acceptors (Lipinski definition) is 9. The van der Waals surface area contributed by atoms with E-state index in [1.165, 1.54) is 0 Å². The van der Waals surface area contributed by atoms with Crippen LogP contribution in [-0.2, 0) is 17.1 Å². The van der Waals surface area contributed by atoms with E-state index in [0.29, 0.717) is 0 Å². The van der Waals surface area contributed by atoms with Crippen LogP contribution in [0.5, 0.6) is 0 Å². The summed E-state index contributed by atoms with van der Waals surface area (Å²) in [5, 5.41) is 60.5.